The van der Waals surface area contributed by atoms with Crippen molar-refractivity contribution in [3.63, 3.8) is 0 Å². The van der Waals surface area contributed by atoms with Crippen molar-refractivity contribution in [3.8, 4) is 0 Å². The van der Waals surface area contributed by atoms with E-state index in [9.17, 15) is 8.78 Å². The van der Waals surface area contributed by atoms with Gasteiger partial charge in [0.15, 0.2) is 23.1 Å². The largest absolute Gasteiger partial charge is 0.367 e. The standard InChI is InChI=1S/C12H13F2N5/c1-3-15-12-11(7(2)16-19-12)18-17-8-4-5-9(13)10(14)6-8/h4-6H,3H2,1-2H3,(H2,15,16,19). The number of aromatic nitrogens is 2. The third-order valence-electron chi connectivity index (χ3n) is 2.43. The first-order valence-corrected chi connectivity index (χ1v) is 5.77. The number of nitrogens with one attached hydrogen (secondary N) is 2. The third kappa shape index (κ3) is 2.93. The van der Waals surface area contributed by atoms with E-state index in [4.69, 9.17) is 0 Å². The maximum absolute atomic E-state index is 13.0. The molecule has 0 aliphatic rings. The Morgan fingerprint density at radius 1 is 1.26 bits per heavy atom. The van der Waals surface area contributed by atoms with Gasteiger partial charge in [-0.25, -0.2) is 8.78 Å². The molecule has 0 bridgehead atoms. The van der Waals surface area contributed by atoms with Crippen LogP contribution in [-0.2, 0) is 0 Å². The normalized spacial score (nSPS) is 11.2. The lowest BCUT2D eigenvalue weighted by atomic mass is 10.3. The lowest BCUT2D eigenvalue weighted by Gasteiger charge is -1.99. The summed E-state index contributed by atoms with van der Waals surface area (Å²) in [6.07, 6.45) is 0. The molecule has 0 saturated heterocycles. The van der Waals surface area contributed by atoms with Crippen molar-refractivity contribution in [1.82, 2.24) is 10.2 Å². The van der Waals surface area contributed by atoms with E-state index in [-0.39, 0.29) is 5.69 Å². The number of aromatic amines is 1. The van der Waals surface area contributed by atoms with Crippen molar-refractivity contribution in [1.29, 1.82) is 0 Å². The van der Waals surface area contributed by atoms with Gasteiger partial charge in [-0.1, -0.05) is 0 Å². The van der Waals surface area contributed by atoms with Crippen molar-refractivity contribution in [2.75, 3.05) is 11.9 Å². The average molecular weight is 265 g/mol. The first-order valence-electron chi connectivity index (χ1n) is 5.77. The topological polar surface area (TPSA) is 65.4 Å². The lowest BCUT2D eigenvalue weighted by molar-refractivity contribution is 0.509. The summed E-state index contributed by atoms with van der Waals surface area (Å²) in [7, 11) is 0. The Balaban J connectivity index is 2.26. The number of rotatable bonds is 4. The molecule has 0 aliphatic carbocycles. The van der Waals surface area contributed by atoms with E-state index in [1.165, 1.54) is 6.07 Å². The van der Waals surface area contributed by atoms with Crippen LogP contribution in [0.25, 0.3) is 0 Å². The smallest absolute Gasteiger partial charge is 0.175 e. The molecule has 0 spiro atoms. The van der Waals surface area contributed by atoms with Crippen molar-refractivity contribution in [2.24, 2.45) is 10.2 Å². The molecule has 100 valence electrons. The molecule has 0 aliphatic heterocycles. The highest BCUT2D eigenvalue weighted by Gasteiger charge is 2.08. The molecule has 0 unspecified atom stereocenters. The second kappa shape index (κ2) is 5.55. The zero-order valence-corrected chi connectivity index (χ0v) is 10.5. The Morgan fingerprint density at radius 2 is 2.05 bits per heavy atom. The van der Waals surface area contributed by atoms with Crippen LogP contribution in [0.15, 0.2) is 28.4 Å². The van der Waals surface area contributed by atoms with Gasteiger partial charge in [0.1, 0.15) is 0 Å². The molecule has 0 fully saturated rings. The zero-order valence-electron chi connectivity index (χ0n) is 10.5. The number of aryl methyl sites for hydroxylation is 1. The van der Waals surface area contributed by atoms with Crippen LogP contribution in [0.1, 0.15) is 12.6 Å². The Labute approximate surface area is 108 Å². The highest BCUT2D eigenvalue weighted by Crippen LogP contribution is 2.28. The van der Waals surface area contributed by atoms with E-state index in [0.29, 0.717) is 18.1 Å². The van der Waals surface area contributed by atoms with Gasteiger partial charge in [0, 0.05) is 12.6 Å². The van der Waals surface area contributed by atoms with Crippen molar-refractivity contribution in [2.45, 2.75) is 13.8 Å². The average Bonchev–Trinajstić information content (AvgIpc) is 2.73. The molecule has 0 amide bonds. The van der Waals surface area contributed by atoms with Crippen LogP contribution in [0.3, 0.4) is 0 Å². The van der Waals surface area contributed by atoms with E-state index in [1.54, 1.807) is 6.92 Å². The van der Waals surface area contributed by atoms with Gasteiger partial charge in [0.2, 0.25) is 0 Å². The van der Waals surface area contributed by atoms with Gasteiger partial charge in [0.05, 0.1) is 11.4 Å². The molecule has 1 aromatic heterocycles. The van der Waals surface area contributed by atoms with Crippen LogP contribution in [0.4, 0.5) is 26.0 Å². The first kappa shape index (κ1) is 13.1. The van der Waals surface area contributed by atoms with Gasteiger partial charge in [-0.05, 0) is 26.0 Å². The first-order chi connectivity index (χ1) is 9.11. The molecule has 1 aromatic carbocycles. The second-order valence-corrected chi connectivity index (χ2v) is 3.87. The highest BCUT2D eigenvalue weighted by molar-refractivity contribution is 5.62. The SMILES string of the molecule is CCNc1n[nH]c(C)c1N=Nc1ccc(F)c(F)c1. The summed E-state index contributed by atoms with van der Waals surface area (Å²) < 4.78 is 25.8. The van der Waals surface area contributed by atoms with Crippen molar-refractivity contribution >= 4 is 17.2 Å². The van der Waals surface area contributed by atoms with Crippen LogP contribution in [0, 0.1) is 18.6 Å². The van der Waals surface area contributed by atoms with E-state index in [1.807, 2.05) is 6.92 Å². The second-order valence-electron chi connectivity index (χ2n) is 3.87. The molecule has 19 heavy (non-hydrogen) atoms. The minimum Gasteiger partial charge on any atom is -0.367 e. The number of anilines is 1. The van der Waals surface area contributed by atoms with Gasteiger partial charge in [0.25, 0.3) is 0 Å². The van der Waals surface area contributed by atoms with Crippen LogP contribution in [-0.4, -0.2) is 16.7 Å². The van der Waals surface area contributed by atoms with Gasteiger partial charge >= 0.3 is 0 Å². The molecule has 0 atom stereocenters. The molecule has 1 heterocycles. The number of benzene rings is 1. The van der Waals surface area contributed by atoms with Crippen LogP contribution >= 0.6 is 0 Å². The summed E-state index contributed by atoms with van der Waals surface area (Å²) in [6, 6.07) is 3.35. The van der Waals surface area contributed by atoms with Crippen LogP contribution in [0.5, 0.6) is 0 Å². The summed E-state index contributed by atoms with van der Waals surface area (Å²) in [6.45, 7) is 4.42. The van der Waals surface area contributed by atoms with Gasteiger partial charge in [-0.15, -0.1) is 5.11 Å². The van der Waals surface area contributed by atoms with Gasteiger partial charge in [-0.2, -0.15) is 10.2 Å². The summed E-state index contributed by atoms with van der Waals surface area (Å²) in [5, 5.41) is 17.7. The minimum absolute atomic E-state index is 0.238. The summed E-state index contributed by atoms with van der Waals surface area (Å²) in [5.74, 6) is -1.29. The molecule has 0 saturated carbocycles. The molecular formula is C12H13F2N5. The van der Waals surface area contributed by atoms with Gasteiger partial charge in [-0.3, -0.25) is 5.10 Å². The van der Waals surface area contributed by atoms with E-state index >= 15 is 0 Å². The Bertz CT molecular complexity index is 606. The number of azo groups is 1. The number of halogens is 2. The Hall–Kier alpha value is -2.31. The van der Waals surface area contributed by atoms with E-state index in [0.717, 1.165) is 17.8 Å². The Morgan fingerprint density at radius 3 is 2.74 bits per heavy atom. The summed E-state index contributed by atoms with van der Waals surface area (Å²) in [4.78, 5) is 0. The quantitative estimate of drug-likeness (QED) is 0.825. The predicted molar refractivity (Wildman–Crippen MR) is 68.0 cm³/mol. The number of hydrogen-bond acceptors (Lipinski definition) is 4. The minimum atomic E-state index is -0.952. The summed E-state index contributed by atoms with van der Waals surface area (Å²) >= 11 is 0. The monoisotopic (exact) mass is 265 g/mol. The molecule has 2 aromatic rings. The lowest BCUT2D eigenvalue weighted by Crippen LogP contribution is -1.96. The number of hydrogen-bond donors (Lipinski definition) is 2. The van der Waals surface area contributed by atoms with E-state index < -0.39 is 11.6 Å². The predicted octanol–water partition coefficient (Wildman–Crippen LogP) is 3.84. The fraction of sp³-hybridized carbons (Fsp3) is 0.250. The maximum Gasteiger partial charge on any atom is 0.175 e. The summed E-state index contributed by atoms with van der Waals surface area (Å²) in [5.41, 5.74) is 1.52. The van der Waals surface area contributed by atoms with Gasteiger partial charge < -0.3 is 5.32 Å². The van der Waals surface area contributed by atoms with Crippen LogP contribution in [0.2, 0.25) is 0 Å². The number of nitrogens with zero attached hydrogens (tertiary/aromatic N) is 3. The molecule has 5 nitrogen and oxygen atoms in total. The third-order valence-corrected chi connectivity index (χ3v) is 2.43. The molecule has 2 rings (SSSR count). The molecular weight excluding hydrogens is 252 g/mol. The molecule has 0 radical (unpaired) electrons. The fourth-order valence-electron chi connectivity index (χ4n) is 1.49. The van der Waals surface area contributed by atoms with Crippen LogP contribution < -0.4 is 5.32 Å². The Kier molecular flexibility index (Phi) is 3.84. The highest BCUT2D eigenvalue weighted by atomic mass is 19.2. The fourth-order valence-corrected chi connectivity index (χ4v) is 1.49. The van der Waals surface area contributed by atoms with Crippen molar-refractivity contribution < 1.29 is 8.78 Å². The number of H-pyrrole nitrogens is 1. The van der Waals surface area contributed by atoms with E-state index in [2.05, 4.69) is 25.7 Å². The molecule has 7 heteroatoms. The zero-order chi connectivity index (χ0) is 13.8. The molecule has 2 N–H and O–H groups in total. The maximum atomic E-state index is 13.0. The van der Waals surface area contributed by atoms with Crippen molar-refractivity contribution in [3.05, 3.63) is 35.5 Å².